The lowest BCUT2D eigenvalue weighted by atomic mass is 10.1. The van der Waals surface area contributed by atoms with Crippen LogP contribution in [0.15, 0.2) is 24.3 Å². The molecule has 1 aromatic rings. The van der Waals surface area contributed by atoms with Crippen LogP contribution in [0.5, 0.6) is 0 Å². The van der Waals surface area contributed by atoms with Gasteiger partial charge in [0.05, 0.1) is 0 Å². The van der Waals surface area contributed by atoms with Gasteiger partial charge >= 0.3 is 0 Å². The highest BCUT2D eigenvalue weighted by molar-refractivity contribution is 8.13. The van der Waals surface area contributed by atoms with Gasteiger partial charge in [-0.15, -0.1) is 0 Å². The van der Waals surface area contributed by atoms with Gasteiger partial charge < -0.3 is 0 Å². The molecule has 1 aromatic carbocycles. The molecule has 0 amide bonds. The summed E-state index contributed by atoms with van der Waals surface area (Å²) in [5, 5.41) is 0.107. The van der Waals surface area contributed by atoms with Crippen LogP contribution in [0.4, 0.5) is 0 Å². The first kappa shape index (κ1) is 12.5. The van der Waals surface area contributed by atoms with Gasteiger partial charge in [-0.1, -0.05) is 41.8 Å². The number of carbonyl (C=O) groups excluding carboxylic acids is 2. The van der Waals surface area contributed by atoms with Crippen LogP contribution >= 0.6 is 11.8 Å². The maximum absolute atomic E-state index is 10.7. The van der Waals surface area contributed by atoms with Crippen LogP contribution in [0.25, 0.3) is 0 Å². The Labute approximate surface area is 99.4 Å². The third kappa shape index (κ3) is 4.33. The highest BCUT2D eigenvalue weighted by atomic mass is 32.2. The van der Waals surface area contributed by atoms with Crippen molar-refractivity contribution >= 4 is 23.2 Å². The predicted molar refractivity (Wildman–Crippen MR) is 66.5 cm³/mol. The second-order valence-electron chi connectivity index (χ2n) is 3.10. The van der Waals surface area contributed by atoms with Crippen molar-refractivity contribution in [3.63, 3.8) is 0 Å². The van der Waals surface area contributed by atoms with Crippen molar-refractivity contribution in [1.82, 2.24) is 0 Å². The Kier molecular flexibility index (Phi) is 5.38. The summed E-state index contributed by atoms with van der Waals surface area (Å²) in [6.45, 7) is 1.54. The number of hydrogen-bond donors (Lipinski definition) is 0. The molecule has 0 aliphatic rings. The highest BCUT2D eigenvalue weighted by Gasteiger charge is 1.95. The minimum atomic E-state index is 0.107. The summed E-state index contributed by atoms with van der Waals surface area (Å²) in [5.74, 6) is 6.58. The molecule has 1 rings (SSSR count). The minimum absolute atomic E-state index is 0.107. The maximum Gasteiger partial charge on any atom is 0.185 e. The molecule has 0 radical (unpaired) electrons. The predicted octanol–water partition coefficient (Wildman–Crippen LogP) is 2.52. The van der Waals surface area contributed by atoms with Crippen molar-refractivity contribution in [3.05, 3.63) is 35.4 Å². The largest absolute Gasteiger partial charge is 0.298 e. The molecular formula is C13H12O2S. The van der Waals surface area contributed by atoms with E-state index < -0.39 is 0 Å². The molecule has 0 spiro atoms. The first-order chi connectivity index (χ1) is 7.74. The van der Waals surface area contributed by atoms with E-state index in [1.54, 1.807) is 19.1 Å². The van der Waals surface area contributed by atoms with Crippen LogP contribution in [-0.2, 0) is 4.79 Å². The molecule has 0 heterocycles. The molecule has 0 atom stereocenters. The first-order valence-electron chi connectivity index (χ1n) is 4.90. The Bertz CT molecular complexity index is 441. The average molecular weight is 232 g/mol. The lowest BCUT2D eigenvalue weighted by Gasteiger charge is -1.94. The van der Waals surface area contributed by atoms with Gasteiger partial charge in [0.15, 0.2) is 11.4 Å². The zero-order chi connectivity index (χ0) is 11.8. The van der Waals surface area contributed by atoms with Crippen LogP contribution in [0.3, 0.4) is 0 Å². The smallest absolute Gasteiger partial charge is 0.185 e. The summed E-state index contributed by atoms with van der Waals surface area (Å²) in [7, 11) is 0. The molecule has 0 saturated heterocycles. The second-order valence-corrected chi connectivity index (χ2v) is 4.37. The van der Waals surface area contributed by atoms with Crippen LogP contribution in [0, 0.1) is 11.8 Å². The van der Waals surface area contributed by atoms with Gasteiger partial charge in [-0.2, -0.15) is 0 Å². The molecule has 0 aromatic heterocycles. The van der Waals surface area contributed by atoms with Gasteiger partial charge in [0.2, 0.25) is 0 Å². The van der Waals surface area contributed by atoms with E-state index in [1.165, 1.54) is 11.8 Å². The number of benzene rings is 1. The van der Waals surface area contributed by atoms with Gasteiger partial charge in [0, 0.05) is 30.2 Å². The van der Waals surface area contributed by atoms with Gasteiger partial charge in [0.25, 0.3) is 0 Å². The zero-order valence-electron chi connectivity index (χ0n) is 9.03. The summed E-state index contributed by atoms with van der Waals surface area (Å²) < 4.78 is 0. The van der Waals surface area contributed by atoms with E-state index in [4.69, 9.17) is 0 Å². The highest BCUT2D eigenvalue weighted by Crippen LogP contribution is 2.05. The molecule has 0 bridgehead atoms. The molecule has 16 heavy (non-hydrogen) atoms. The quantitative estimate of drug-likeness (QED) is 0.456. The van der Waals surface area contributed by atoms with E-state index in [2.05, 4.69) is 11.8 Å². The summed E-state index contributed by atoms with van der Waals surface area (Å²) in [6.07, 6.45) is 1.45. The van der Waals surface area contributed by atoms with Gasteiger partial charge in [-0.05, 0) is 6.07 Å². The molecule has 0 fully saturated rings. The van der Waals surface area contributed by atoms with E-state index in [0.29, 0.717) is 17.7 Å². The van der Waals surface area contributed by atoms with Crippen molar-refractivity contribution in [1.29, 1.82) is 0 Å². The lowest BCUT2D eigenvalue weighted by Crippen LogP contribution is -1.86. The summed E-state index contributed by atoms with van der Waals surface area (Å²) in [6, 6.07) is 7.21. The summed E-state index contributed by atoms with van der Waals surface area (Å²) in [4.78, 5) is 21.3. The first-order valence-corrected chi connectivity index (χ1v) is 5.89. The standard InChI is InChI=1S/C13H12O2S/c1-11(15)16-9-5-4-7-12-6-2-3-8-13(12)10-14/h2-3,6,8,10H,5,9H2,1H3. The molecule has 0 aliphatic heterocycles. The Morgan fingerprint density at radius 2 is 2.19 bits per heavy atom. The van der Waals surface area contributed by atoms with E-state index in [-0.39, 0.29) is 5.12 Å². The molecule has 3 heteroatoms. The Balaban J connectivity index is 2.56. The zero-order valence-corrected chi connectivity index (χ0v) is 9.84. The van der Waals surface area contributed by atoms with Crippen molar-refractivity contribution in [3.8, 4) is 11.8 Å². The maximum atomic E-state index is 10.7. The molecule has 0 unspecified atom stereocenters. The molecule has 2 nitrogen and oxygen atoms in total. The van der Waals surface area contributed by atoms with Crippen molar-refractivity contribution in [2.45, 2.75) is 13.3 Å². The van der Waals surface area contributed by atoms with E-state index in [0.717, 1.165) is 11.8 Å². The molecule has 0 saturated carbocycles. The van der Waals surface area contributed by atoms with Crippen LogP contribution in [0.2, 0.25) is 0 Å². The monoisotopic (exact) mass is 232 g/mol. The third-order valence-corrected chi connectivity index (χ3v) is 2.66. The van der Waals surface area contributed by atoms with Crippen molar-refractivity contribution in [2.24, 2.45) is 0 Å². The summed E-state index contributed by atoms with van der Waals surface area (Å²) >= 11 is 1.27. The average Bonchev–Trinajstić information content (AvgIpc) is 2.29. The van der Waals surface area contributed by atoms with Gasteiger partial charge in [0.1, 0.15) is 0 Å². The van der Waals surface area contributed by atoms with Gasteiger partial charge in [-0.25, -0.2) is 0 Å². The fraction of sp³-hybridized carbons (Fsp3) is 0.231. The fourth-order valence-corrected chi connectivity index (χ4v) is 1.61. The number of rotatable bonds is 3. The number of thioether (sulfide) groups is 1. The van der Waals surface area contributed by atoms with Crippen LogP contribution in [0.1, 0.15) is 29.3 Å². The van der Waals surface area contributed by atoms with E-state index >= 15 is 0 Å². The number of carbonyl (C=O) groups is 2. The molecule has 82 valence electrons. The minimum Gasteiger partial charge on any atom is -0.298 e. The Morgan fingerprint density at radius 1 is 1.44 bits per heavy atom. The van der Waals surface area contributed by atoms with Crippen molar-refractivity contribution < 1.29 is 9.59 Å². The lowest BCUT2D eigenvalue weighted by molar-refractivity contribution is -0.109. The van der Waals surface area contributed by atoms with E-state index in [9.17, 15) is 9.59 Å². The summed E-state index contributed by atoms with van der Waals surface area (Å²) in [5.41, 5.74) is 1.35. The van der Waals surface area contributed by atoms with E-state index in [1.807, 2.05) is 12.1 Å². The molecular weight excluding hydrogens is 220 g/mol. The molecule has 0 N–H and O–H groups in total. The van der Waals surface area contributed by atoms with Crippen LogP contribution < -0.4 is 0 Å². The Hall–Kier alpha value is -1.53. The van der Waals surface area contributed by atoms with Crippen LogP contribution in [-0.4, -0.2) is 17.2 Å². The normalized spacial score (nSPS) is 9.06. The topological polar surface area (TPSA) is 34.1 Å². The number of hydrogen-bond acceptors (Lipinski definition) is 3. The van der Waals surface area contributed by atoms with Gasteiger partial charge in [-0.3, -0.25) is 9.59 Å². The number of aldehydes is 1. The molecule has 0 aliphatic carbocycles. The third-order valence-electron chi connectivity index (χ3n) is 1.84. The fourth-order valence-electron chi connectivity index (χ4n) is 1.12. The second kappa shape index (κ2) is 6.86. The SMILES string of the molecule is CC(=O)SCCC#Cc1ccccc1C=O. The Morgan fingerprint density at radius 3 is 2.88 bits per heavy atom. The van der Waals surface area contributed by atoms with Crippen molar-refractivity contribution in [2.75, 3.05) is 5.75 Å².